The van der Waals surface area contributed by atoms with Crippen molar-refractivity contribution in [2.24, 2.45) is 0 Å². The van der Waals surface area contributed by atoms with Crippen LogP contribution >= 0.6 is 10.5 Å². The first-order valence-corrected chi connectivity index (χ1v) is 6.16. The lowest BCUT2D eigenvalue weighted by atomic mass is 10.1. The molecule has 0 radical (unpaired) electrons. The van der Waals surface area contributed by atoms with E-state index in [1.165, 1.54) is 5.56 Å². The first-order chi connectivity index (χ1) is 6.15. The third-order valence-corrected chi connectivity index (χ3v) is 3.09. The zero-order valence-corrected chi connectivity index (χ0v) is 9.02. The SMILES string of the molecule is Cc1ccc(C(C=O)=S(C)C)cc1. The van der Waals surface area contributed by atoms with E-state index in [0.29, 0.717) is 0 Å². The second kappa shape index (κ2) is 4.38. The minimum Gasteiger partial charge on any atom is -0.297 e. The molecule has 0 aliphatic heterocycles. The summed E-state index contributed by atoms with van der Waals surface area (Å²) in [5, 5.41) is 0. The Balaban J connectivity index is 3.15. The average Bonchev–Trinajstić information content (AvgIpc) is 2.09. The van der Waals surface area contributed by atoms with Gasteiger partial charge in [-0.05, 0) is 25.0 Å². The molecule has 0 aromatic heterocycles. The van der Waals surface area contributed by atoms with Crippen molar-refractivity contribution < 1.29 is 4.79 Å². The third-order valence-electron chi connectivity index (χ3n) is 1.88. The fraction of sp³-hybridized carbons (Fsp3) is 0.273. The molecule has 0 unspecified atom stereocenters. The summed E-state index contributed by atoms with van der Waals surface area (Å²) in [6, 6.07) is 8.08. The Labute approximate surface area is 81.7 Å². The number of rotatable bonds is 2. The van der Waals surface area contributed by atoms with Crippen molar-refractivity contribution in [3.8, 4) is 0 Å². The van der Waals surface area contributed by atoms with Crippen LogP contribution in [0.15, 0.2) is 24.3 Å². The van der Waals surface area contributed by atoms with Gasteiger partial charge in [-0.25, -0.2) is 0 Å². The largest absolute Gasteiger partial charge is 0.297 e. The van der Waals surface area contributed by atoms with E-state index in [4.69, 9.17) is 0 Å². The molecule has 0 fully saturated rings. The Bertz CT molecular complexity index is 332. The Morgan fingerprint density at radius 2 is 1.77 bits per heavy atom. The van der Waals surface area contributed by atoms with E-state index < -0.39 is 0 Å². The highest BCUT2D eigenvalue weighted by Gasteiger charge is 2.00. The van der Waals surface area contributed by atoms with Gasteiger partial charge in [0.05, 0.1) is 0 Å². The van der Waals surface area contributed by atoms with E-state index in [2.05, 4.69) is 12.5 Å². The molecule has 0 saturated heterocycles. The number of carbonyl (C=O) groups is 1. The first kappa shape index (κ1) is 10.2. The minimum absolute atomic E-state index is 0.0376. The fourth-order valence-corrected chi connectivity index (χ4v) is 1.92. The standard InChI is InChI=1S/C11H14OS/c1-9-4-6-10(7-5-9)11(8-12)13(2)3/h4-8H,1-3H3. The van der Waals surface area contributed by atoms with Crippen LogP contribution in [-0.4, -0.2) is 23.7 Å². The molecular formula is C11H14OS. The Morgan fingerprint density at radius 1 is 1.23 bits per heavy atom. The maximum atomic E-state index is 10.8. The molecular weight excluding hydrogens is 180 g/mol. The summed E-state index contributed by atoms with van der Waals surface area (Å²) in [4.78, 5) is 11.7. The topological polar surface area (TPSA) is 17.1 Å². The molecule has 0 amide bonds. The quantitative estimate of drug-likeness (QED) is 0.401. The molecule has 0 spiro atoms. The molecule has 1 nitrogen and oxygen atoms in total. The van der Waals surface area contributed by atoms with E-state index in [1.54, 1.807) is 0 Å². The van der Waals surface area contributed by atoms with E-state index >= 15 is 0 Å². The zero-order valence-electron chi connectivity index (χ0n) is 8.20. The Morgan fingerprint density at radius 3 is 2.15 bits per heavy atom. The van der Waals surface area contributed by atoms with Gasteiger partial charge < -0.3 is 0 Å². The van der Waals surface area contributed by atoms with Gasteiger partial charge in [-0.1, -0.05) is 29.8 Å². The molecule has 1 aromatic carbocycles. The lowest BCUT2D eigenvalue weighted by molar-refractivity contribution is -0.102. The second-order valence-corrected chi connectivity index (χ2v) is 5.24. The molecule has 0 aliphatic carbocycles. The summed E-state index contributed by atoms with van der Waals surface area (Å²) in [5.41, 5.74) is 2.27. The molecule has 2 heteroatoms. The number of hydrogen-bond donors (Lipinski definition) is 0. The van der Waals surface area contributed by atoms with Gasteiger partial charge in [0.15, 0.2) is 6.29 Å². The summed E-state index contributed by atoms with van der Waals surface area (Å²) >= 11 is 0. The number of aryl methyl sites for hydroxylation is 1. The molecule has 13 heavy (non-hydrogen) atoms. The van der Waals surface area contributed by atoms with Crippen molar-refractivity contribution in [2.45, 2.75) is 6.92 Å². The van der Waals surface area contributed by atoms with Crippen LogP contribution in [0.2, 0.25) is 0 Å². The van der Waals surface area contributed by atoms with Crippen LogP contribution in [0.5, 0.6) is 0 Å². The van der Waals surface area contributed by atoms with Gasteiger partial charge >= 0.3 is 0 Å². The summed E-state index contributed by atoms with van der Waals surface area (Å²) in [6.45, 7) is 2.04. The van der Waals surface area contributed by atoms with Crippen molar-refractivity contribution in [1.29, 1.82) is 0 Å². The molecule has 1 rings (SSSR count). The number of hydrogen-bond acceptors (Lipinski definition) is 1. The van der Waals surface area contributed by atoms with Crippen LogP contribution in [0.1, 0.15) is 11.1 Å². The molecule has 0 saturated carbocycles. The molecule has 0 heterocycles. The number of carbonyl (C=O) groups excluding carboxylic acids is 1. The van der Waals surface area contributed by atoms with E-state index in [1.807, 2.05) is 31.2 Å². The average molecular weight is 194 g/mol. The first-order valence-electron chi connectivity index (χ1n) is 4.12. The monoisotopic (exact) mass is 194 g/mol. The van der Waals surface area contributed by atoms with Crippen LogP contribution in [0.4, 0.5) is 0 Å². The summed E-state index contributed by atoms with van der Waals surface area (Å²) < 4.78 is 0. The van der Waals surface area contributed by atoms with Crippen molar-refractivity contribution in [3.63, 3.8) is 0 Å². The summed E-state index contributed by atoms with van der Waals surface area (Å²) in [6.07, 6.45) is 5.08. The van der Waals surface area contributed by atoms with Crippen LogP contribution in [0.25, 0.3) is 0 Å². The smallest absolute Gasteiger partial charge is 0.156 e. The molecule has 0 atom stereocenters. The van der Waals surface area contributed by atoms with Crippen molar-refractivity contribution in [3.05, 3.63) is 35.4 Å². The van der Waals surface area contributed by atoms with E-state index in [0.717, 1.165) is 16.7 Å². The van der Waals surface area contributed by atoms with Crippen molar-refractivity contribution in [2.75, 3.05) is 12.5 Å². The molecule has 0 aliphatic rings. The van der Waals surface area contributed by atoms with Crippen LogP contribution in [0, 0.1) is 6.92 Å². The van der Waals surface area contributed by atoms with Crippen molar-refractivity contribution in [1.82, 2.24) is 0 Å². The minimum atomic E-state index is 0.0376. The maximum absolute atomic E-state index is 10.8. The Kier molecular flexibility index (Phi) is 3.43. The number of aldehydes is 1. The van der Waals surface area contributed by atoms with Gasteiger partial charge in [-0.3, -0.25) is 4.79 Å². The molecule has 0 N–H and O–H groups in total. The van der Waals surface area contributed by atoms with Gasteiger partial charge in [-0.15, -0.1) is 0 Å². The molecule has 70 valence electrons. The molecule has 0 bridgehead atoms. The van der Waals surface area contributed by atoms with Gasteiger partial charge in [0, 0.05) is 4.86 Å². The van der Waals surface area contributed by atoms with Crippen LogP contribution in [0.3, 0.4) is 0 Å². The lowest BCUT2D eigenvalue weighted by Crippen LogP contribution is -2.01. The van der Waals surface area contributed by atoms with E-state index in [9.17, 15) is 4.79 Å². The summed E-state index contributed by atoms with van der Waals surface area (Å²) in [7, 11) is 0.0376. The van der Waals surface area contributed by atoms with Crippen molar-refractivity contribution >= 4 is 21.6 Å². The lowest BCUT2D eigenvalue weighted by Gasteiger charge is -2.03. The molecule has 1 aromatic rings. The highest BCUT2D eigenvalue weighted by atomic mass is 32.2. The third kappa shape index (κ3) is 2.52. The van der Waals surface area contributed by atoms with Gasteiger partial charge in [-0.2, -0.15) is 10.5 Å². The van der Waals surface area contributed by atoms with Gasteiger partial charge in [0.2, 0.25) is 0 Å². The highest BCUT2D eigenvalue weighted by molar-refractivity contribution is 8.15. The highest BCUT2D eigenvalue weighted by Crippen LogP contribution is 2.11. The van der Waals surface area contributed by atoms with Gasteiger partial charge in [0.25, 0.3) is 0 Å². The zero-order chi connectivity index (χ0) is 9.84. The number of benzene rings is 1. The predicted molar refractivity (Wildman–Crippen MR) is 60.8 cm³/mol. The fourth-order valence-electron chi connectivity index (χ4n) is 1.12. The van der Waals surface area contributed by atoms with Crippen LogP contribution < -0.4 is 0 Å². The predicted octanol–water partition coefficient (Wildman–Crippen LogP) is 2.24. The van der Waals surface area contributed by atoms with Gasteiger partial charge in [0.1, 0.15) is 0 Å². The Hall–Kier alpha value is -0.890. The van der Waals surface area contributed by atoms with E-state index in [-0.39, 0.29) is 10.5 Å². The van der Waals surface area contributed by atoms with Crippen LogP contribution in [-0.2, 0) is 4.79 Å². The maximum Gasteiger partial charge on any atom is 0.156 e. The second-order valence-electron chi connectivity index (χ2n) is 3.16. The summed E-state index contributed by atoms with van der Waals surface area (Å²) in [5.74, 6) is 0. The normalized spacial score (nSPS) is 10.2.